The minimum absolute atomic E-state index is 0.135. The molecule has 0 radical (unpaired) electrons. The average Bonchev–Trinajstić information content (AvgIpc) is 3.36. The van der Waals surface area contributed by atoms with Crippen LogP contribution in [0.25, 0.3) is 11.1 Å². The van der Waals surface area contributed by atoms with Gasteiger partial charge in [-0.25, -0.2) is 0 Å². The first kappa shape index (κ1) is 37.6. The summed E-state index contributed by atoms with van der Waals surface area (Å²) in [4.78, 5) is 49.2. The highest BCUT2D eigenvalue weighted by Gasteiger charge is 2.29. The fourth-order valence-electron chi connectivity index (χ4n) is 5.17. The number of anilines is 2. The van der Waals surface area contributed by atoms with E-state index < -0.39 is 0 Å². The number of methoxy groups -OCH3 is 2. The van der Waals surface area contributed by atoms with Gasteiger partial charge in [0, 0.05) is 70.3 Å². The van der Waals surface area contributed by atoms with E-state index in [2.05, 4.69) is 21.3 Å². The van der Waals surface area contributed by atoms with Crippen molar-refractivity contribution in [2.24, 2.45) is 0 Å². The van der Waals surface area contributed by atoms with E-state index in [1.807, 2.05) is 36.4 Å². The molecule has 2 aromatic carbocycles. The molecule has 1 aliphatic rings. The second-order valence-corrected chi connectivity index (χ2v) is 11.1. The van der Waals surface area contributed by atoms with E-state index in [4.69, 9.17) is 18.9 Å². The Morgan fingerprint density at radius 2 is 1.04 bits per heavy atom. The molecular formula is C34H48N4O9. The molecule has 5 N–H and O–H groups in total. The minimum Gasteiger partial charge on any atom is -0.395 e. The van der Waals surface area contributed by atoms with Crippen molar-refractivity contribution in [2.75, 3.05) is 84.2 Å². The van der Waals surface area contributed by atoms with Crippen LogP contribution in [0.1, 0.15) is 55.6 Å². The van der Waals surface area contributed by atoms with Crippen molar-refractivity contribution < 1.29 is 43.2 Å². The standard InChI is InChI=1S/C34H48N4O9/c1-44-17-19-46-15-13-35-31(40)5-3-7-33(42)37-24-9-11-26-27-12-10-25(22-29(27)30(23-39)28(26)21-24)38-34(43)8-4-6-32(41)36-14-16-47-20-18-45-2/h9-12,21-22,30,39H,3-8,13-20,23H2,1-2H3,(H,35,40)(H,36,41)(H,37,42)(H,38,43). The molecule has 258 valence electrons. The molecule has 0 saturated heterocycles. The summed E-state index contributed by atoms with van der Waals surface area (Å²) in [5, 5.41) is 21.6. The molecule has 2 aromatic rings. The van der Waals surface area contributed by atoms with Crippen LogP contribution >= 0.6 is 0 Å². The van der Waals surface area contributed by atoms with Crippen molar-refractivity contribution in [2.45, 2.75) is 44.4 Å². The van der Waals surface area contributed by atoms with E-state index in [9.17, 15) is 24.3 Å². The number of aliphatic hydroxyl groups is 1. The fourth-order valence-corrected chi connectivity index (χ4v) is 5.17. The number of rotatable bonds is 23. The van der Waals surface area contributed by atoms with Crippen molar-refractivity contribution in [3.8, 4) is 11.1 Å². The highest BCUT2D eigenvalue weighted by molar-refractivity contribution is 5.94. The lowest BCUT2D eigenvalue weighted by atomic mass is 9.97. The molecule has 4 amide bonds. The van der Waals surface area contributed by atoms with E-state index in [-0.39, 0.29) is 61.8 Å². The molecule has 0 bridgehead atoms. The van der Waals surface area contributed by atoms with Crippen molar-refractivity contribution in [3.05, 3.63) is 47.5 Å². The van der Waals surface area contributed by atoms with Crippen molar-refractivity contribution in [1.82, 2.24) is 10.6 Å². The summed E-state index contributed by atoms with van der Waals surface area (Å²) in [6.07, 6.45) is 1.66. The minimum atomic E-state index is -0.321. The number of aliphatic hydroxyl groups excluding tert-OH is 1. The van der Waals surface area contributed by atoms with Gasteiger partial charge in [-0.05, 0) is 59.4 Å². The maximum atomic E-state index is 12.6. The molecule has 3 rings (SSSR count). The van der Waals surface area contributed by atoms with Gasteiger partial charge < -0.3 is 45.3 Å². The molecule has 0 aliphatic heterocycles. The third-order valence-electron chi connectivity index (χ3n) is 7.51. The second kappa shape index (κ2) is 21.1. The number of amides is 4. The largest absolute Gasteiger partial charge is 0.395 e. The lowest BCUT2D eigenvalue weighted by Crippen LogP contribution is -2.27. The second-order valence-electron chi connectivity index (χ2n) is 11.1. The van der Waals surface area contributed by atoms with Gasteiger partial charge in [0.15, 0.2) is 0 Å². The molecule has 0 saturated carbocycles. The zero-order chi connectivity index (χ0) is 33.9. The number of benzene rings is 2. The van der Waals surface area contributed by atoms with Crippen LogP contribution in [0.4, 0.5) is 11.4 Å². The molecule has 0 unspecified atom stereocenters. The SMILES string of the molecule is COCCOCCNC(=O)CCCC(=O)Nc1ccc2c(c1)C(CO)c1cc(NC(=O)CCCC(=O)NCCOCCOC)ccc1-2. The van der Waals surface area contributed by atoms with Gasteiger partial charge in [-0.1, -0.05) is 12.1 Å². The quantitative estimate of drug-likeness (QED) is 0.113. The highest BCUT2D eigenvalue weighted by atomic mass is 16.5. The topological polar surface area (TPSA) is 174 Å². The van der Waals surface area contributed by atoms with E-state index in [0.717, 1.165) is 22.3 Å². The van der Waals surface area contributed by atoms with Gasteiger partial charge in [0.2, 0.25) is 23.6 Å². The summed E-state index contributed by atoms with van der Waals surface area (Å²) in [6, 6.07) is 11.2. The van der Waals surface area contributed by atoms with E-state index >= 15 is 0 Å². The normalized spacial score (nSPS) is 11.9. The molecule has 13 heteroatoms. The first-order valence-corrected chi connectivity index (χ1v) is 16.0. The Labute approximate surface area is 276 Å². The zero-order valence-electron chi connectivity index (χ0n) is 27.4. The summed E-state index contributed by atoms with van der Waals surface area (Å²) in [5.41, 5.74) is 4.88. The first-order chi connectivity index (χ1) is 22.9. The number of carbonyl (C=O) groups excluding carboxylic acids is 4. The van der Waals surface area contributed by atoms with Gasteiger partial charge in [0.05, 0.1) is 46.2 Å². The molecule has 0 spiro atoms. The summed E-state index contributed by atoms with van der Waals surface area (Å²) in [7, 11) is 3.19. The molecule has 0 aromatic heterocycles. The van der Waals surface area contributed by atoms with Crippen LogP contribution in [0.2, 0.25) is 0 Å². The molecule has 1 aliphatic carbocycles. The van der Waals surface area contributed by atoms with Gasteiger partial charge in [0.25, 0.3) is 0 Å². The Morgan fingerprint density at radius 1 is 0.617 bits per heavy atom. The van der Waals surface area contributed by atoms with E-state index in [1.54, 1.807) is 14.2 Å². The summed E-state index contributed by atoms with van der Waals surface area (Å²) < 4.78 is 20.4. The molecule has 0 atom stereocenters. The number of hydrogen-bond donors (Lipinski definition) is 5. The summed E-state index contributed by atoms with van der Waals surface area (Å²) in [6.45, 7) is 3.40. The number of carbonyl (C=O) groups is 4. The van der Waals surface area contributed by atoms with Crippen LogP contribution in [-0.2, 0) is 38.1 Å². The van der Waals surface area contributed by atoms with Crippen LogP contribution in [0, 0.1) is 0 Å². The van der Waals surface area contributed by atoms with Crippen molar-refractivity contribution in [3.63, 3.8) is 0 Å². The van der Waals surface area contributed by atoms with Gasteiger partial charge >= 0.3 is 0 Å². The van der Waals surface area contributed by atoms with Crippen molar-refractivity contribution >= 4 is 35.0 Å². The summed E-state index contributed by atoms with van der Waals surface area (Å²) in [5.74, 6) is -0.997. The molecule has 47 heavy (non-hydrogen) atoms. The van der Waals surface area contributed by atoms with Gasteiger partial charge in [-0.15, -0.1) is 0 Å². The fraction of sp³-hybridized carbons (Fsp3) is 0.529. The van der Waals surface area contributed by atoms with Gasteiger partial charge in [-0.3, -0.25) is 19.2 Å². The third-order valence-corrected chi connectivity index (χ3v) is 7.51. The number of fused-ring (bicyclic) bond motifs is 3. The van der Waals surface area contributed by atoms with Crippen LogP contribution in [0.5, 0.6) is 0 Å². The molecule has 13 nitrogen and oxygen atoms in total. The van der Waals surface area contributed by atoms with Crippen LogP contribution in [0.3, 0.4) is 0 Å². The Kier molecular flexibility index (Phi) is 16.9. The summed E-state index contributed by atoms with van der Waals surface area (Å²) >= 11 is 0. The molecule has 0 fully saturated rings. The first-order valence-electron chi connectivity index (χ1n) is 16.0. The van der Waals surface area contributed by atoms with Gasteiger partial charge in [0.1, 0.15) is 0 Å². The number of nitrogens with one attached hydrogen (secondary N) is 4. The number of hydrogen-bond acceptors (Lipinski definition) is 9. The number of ether oxygens (including phenoxy) is 4. The average molecular weight is 657 g/mol. The maximum absolute atomic E-state index is 12.6. The molecule has 0 heterocycles. The predicted octanol–water partition coefficient (Wildman–Crippen LogP) is 2.57. The van der Waals surface area contributed by atoms with E-state index in [0.29, 0.717) is 76.9 Å². The van der Waals surface area contributed by atoms with E-state index in [1.165, 1.54) is 0 Å². The maximum Gasteiger partial charge on any atom is 0.224 e. The Hall–Kier alpha value is -3.88. The Morgan fingerprint density at radius 3 is 1.45 bits per heavy atom. The highest BCUT2D eigenvalue weighted by Crippen LogP contribution is 2.46. The lowest BCUT2D eigenvalue weighted by molar-refractivity contribution is -0.123. The smallest absolute Gasteiger partial charge is 0.224 e. The van der Waals surface area contributed by atoms with Crippen LogP contribution < -0.4 is 21.3 Å². The van der Waals surface area contributed by atoms with Crippen molar-refractivity contribution in [1.29, 1.82) is 0 Å². The Bertz CT molecular complexity index is 1220. The third kappa shape index (κ3) is 13.0. The monoisotopic (exact) mass is 656 g/mol. The lowest BCUT2D eigenvalue weighted by Gasteiger charge is -2.13. The predicted molar refractivity (Wildman–Crippen MR) is 177 cm³/mol. The zero-order valence-corrected chi connectivity index (χ0v) is 27.4. The van der Waals surface area contributed by atoms with Crippen LogP contribution in [-0.4, -0.2) is 102 Å². The Balaban J connectivity index is 1.43. The van der Waals surface area contributed by atoms with Crippen LogP contribution in [0.15, 0.2) is 36.4 Å². The van der Waals surface area contributed by atoms with Gasteiger partial charge in [-0.2, -0.15) is 0 Å². The molecular weight excluding hydrogens is 608 g/mol.